The van der Waals surface area contributed by atoms with Gasteiger partial charge >= 0.3 is 0 Å². The smallest absolute Gasteiger partial charge is 0.230 e. The lowest BCUT2D eigenvalue weighted by Gasteiger charge is -2.25. The van der Waals surface area contributed by atoms with E-state index in [2.05, 4.69) is 16.7 Å². The molecule has 2 amide bonds. The molecule has 6 heteroatoms. The summed E-state index contributed by atoms with van der Waals surface area (Å²) in [7, 11) is 0. The minimum atomic E-state index is -0.259. The summed E-state index contributed by atoms with van der Waals surface area (Å²) in [5.74, 6) is -0.304. The third kappa shape index (κ3) is 4.62. The molecular weight excluding hydrogens is 322 g/mol. The Bertz CT molecular complexity index is 689. The van der Waals surface area contributed by atoms with Crippen molar-refractivity contribution in [3.05, 3.63) is 46.0 Å². The van der Waals surface area contributed by atoms with Crippen LogP contribution in [0.5, 0.6) is 0 Å². The van der Waals surface area contributed by atoms with E-state index >= 15 is 0 Å². The molecular formula is C18H21N3O2S. The number of hydrogen-bond acceptors (Lipinski definition) is 4. The molecule has 126 valence electrons. The topological polar surface area (TPSA) is 82.0 Å². The summed E-state index contributed by atoms with van der Waals surface area (Å²) in [6.45, 7) is 4.60. The van der Waals surface area contributed by atoms with E-state index in [9.17, 15) is 14.9 Å². The number of nitrogens with one attached hydrogen (secondary N) is 2. The Morgan fingerprint density at radius 2 is 2.12 bits per heavy atom. The van der Waals surface area contributed by atoms with Gasteiger partial charge in [-0.2, -0.15) is 5.26 Å². The summed E-state index contributed by atoms with van der Waals surface area (Å²) >= 11 is 1.21. The fourth-order valence-corrected chi connectivity index (χ4v) is 3.38. The van der Waals surface area contributed by atoms with Crippen LogP contribution in [0.4, 0.5) is 0 Å². The van der Waals surface area contributed by atoms with Gasteiger partial charge in [0.2, 0.25) is 11.8 Å². The molecule has 0 aliphatic carbocycles. The number of carbonyl (C=O) groups is 2. The lowest BCUT2D eigenvalue weighted by Crippen LogP contribution is -2.32. The van der Waals surface area contributed by atoms with E-state index in [0.717, 1.165) is 17.5 Å². The van der Waals surface area contributed by atoms with E-state index in [1.165, 1.54) is 11.8 Å². The summed E-state index contributed by atoms with van der Waals surface area (Å²) in [5.41, 5.74) is 2.59. The predicted molar refractivity (Wildman–Crippen MR) is 95.1 cm³/mol. The van der Waals surface area contributed by atoms with Crippen molar-refractivity contribution in [2.45, 2.75) is 32.6 Å². The second-order valence-electron chi connectivity index (χ2n) is 5.71. The zero-order valence-corrected chi connectivity index (χ0v) is 14.7. The highest BCUT2D eigenvalue weighted by atomic mass is 32.2. The van der Waals surface area contributed by atoms with Crippen molar-refractivity contribution in [2.24, 2.45) is 0 Å². The van der Waals surface area contributed by atoms with Crippen molar-refractivity contribution in [1.29, 1.82) is 5.26 Å². The van der Waals surface area contributed by atoms with E-state index in [1.54, 1.807) is 0 Å². The van der Waals surface area contributed by atoms with Crippen LogP contribution < -0.4 is 10.6 Å². The largest absolute Gasteiger partial charge is 0.355 e. The number of carbonyl (C=O) groups excluding carboxylic acids is 2. The van der Waals surface area contributed by atoms with Crippen LogP contribution in [0, 0.1) is 18.3 Å². The Morgan fingerprint density at radius 3 is 2.75 bits per heavy atom. The van der Waals surface area contributed by atoms with Gasteiger partial charge in [0.05, 0.1) is 22.4 Å². The number of rotatable bonds is 6. The quantitative estimate of drug-likeness (QED) is 0.832. The van der Waals surface area contributed by atoms with Gasteiger partial charge in [-0.05, 0) is 18.9 Å². The van der Waals surface area contributed by atoms with Crippen molar-refractivity contribution in [3.63, 3.8) is 0 Å². The first kappa shape index (κ1) is 18.1. The Morgan fingerprint density at radius 1 is 1.42 bits per heavy atom. The molecule has 1 atom stereocenters. The third-order valence-corrected chi connectivity index (χ3v) is 4.77. The number of benzene rings is 1. The van der Waals surface area contributed by atoms with Crippen molar-refractivity contribution in [3.8, 4) is 6.07 Å². The Kier molecular flexibility index (Phi) is 6.44. The number of hydrogen-bond donors (Lipinski definition) is 2. The molecule has 5 nitrogen and oxygen atoms in total. The van der Waals surface area contributed by atoms with Crippen molar-refractivity contribution in [2.75, 3.05) is 12.3 Å². The molecule has 0 aromatic heterocycles. The van der Waals surface area contributed by atoms with E-state index in [4.69, 9.17) is 0 Å². The molecule has 0 saturated heterocycles. The van der Waals surface area contributed by atoms with Crippen molar-refractivity contribution in [1.82, 2.24) is 10.6 Å². The minimum Gasteiger partial charge on any atom is -0.355 e. The standard InChI is InChI=1S/C18H21N3O2S/c1-3-8-20-17(23)11-24-18-15(10-19)14(9-16(22)21-18)13-6-4-12(2)5-7-13/h4-7,14H,3,8-9,11H2,1-2H3,(H,20,23)(H,21,22)/t14-/m1/s1. The van der Waals surface area contributed by atoms with Gasteiger partial charge < -0.3 is 10.6 Å². The van der Waals surface area contributed by atoms with Gasteiger partial charge in [-0.15, -0.1) is 0 Å². The first-order valence-corrected chi connectivity index (χ1v) is 8.93. The van der Waals surface area contributed by atoms with E-state index in [0.29, 0.717) is 17.1 Å². The van der Waals surface area contributed by atoms with E-state index in [-0.39, 0.29) is 29.9 Å². The molecule has 1 aliphatic heterocycles. The summed E-state index contributed by atoms with van der Waals surface area (Å²) in [6, 6.07) is 10.1. The maximum atomic E-state index is 12.0. The normalized spacial score (nSPS) is 17.2. The lowest BCUT2D eigenvalue weighted by molar-refractivity contribution is -0.121. The summed E-state index contributed by atoms with van der Waals surface area (Å²) in [6.07, 6.45) is 1.12. The molecule has 0 saturated carbocycles. The monoisotopic (exact) mass is 343 g/mol. The first-order valence-electron chi connectivity index (χ1n) is 7.95. The molecule has 2 rings (SSSR count). The average molecular weight is 343 g/mol. The van der Waals surface area contributed by atoms with Crippen LogP contribution in [0.25, 0.3) is 0 Å². The second-order valence-corrected chi connectivity index (χ2v) is 6.69. The van der Waals surface area contributed by atoms with Crippen LogP contribution in [0.2, 0.25) is 0 Å². The number of nitriles is 1. The number of aryl methyl sites for hydroxylation is 1. The van der Waals surface area contributed by atoms with E-state index in [1.807, 2.05) is 38.1 Å². The highest BCUT2D eigenvalue weighted by molar-refractivity contribution is 8.03. The molecule has 0 bridgehead atoms. The fraction of sp³-hybridized carbons (Fsp3) is 0.389. The molecule has 1 aromatic carbocycles. The summed E-state index contributed by atoms with van der Waals surface area (Å²) < 4.78 is 0. The highest BCUT2D eigenvalue weighted by Gasteiger charge is 2.29. The Hall–Kier alpha value is -2.26. The third-order valence-electron chi connectivity index (χ3n) is 3.76. The maximum absolute atomic E-state index is 12.0. The maximum Gasteiger partial charge on any atom is 0.230 e. The van der Waals surface area contributed by atoms with Crippen LogP contribution in [-0.2, 0) is 9.59 Å². The molecule has 0 spiro atoms. The van der Waals surface area contributed by atoms with Gasteiger partial charge in [0.15, 0.2) is 0 Å². The number of allylic oxidation sites excluding steroid dienone is 1. The lowest BCUT2D eigenvalue weighted by atomic mass is 9.87. The van der Waals surface area contributed by atoms with Crippen molar-refractivity contribution < 1.29 is 9.59 Å². The number of thioether (sulfide) groups is 1. The number of nitrogens with zero attached hydrogens (tertiary/aromatic N) is 1. The van der Waals surface area contributed by atoms with Crippen LogP contribution in [0.3, 0.4) is 0 Å². The zero-order chi connectivity index (χ0) is 17.5. The first-order chi connectivity index (χ1) is 11.5. The molecule has 0 fully saturated rings. The molecule has 0 unspecified atom stereocenters. The predicted octanol–water partition coefficient (Wildman–Crippen LogP) is 2.59. The molecule has 1 aromatic rings. The molecule has 2 N–H and O–H groups in total. The van der Waals surface area contributed by atoms with Gasteiger partial charge in [0.1, 0.15) is 0 Å². The van der Waals surface area contributed by atoms with Gasteiger partial charge in [0.25, 0.3) is 0 Å². The second kappa shape index (κ2) is 8.55. The molecule has 24 heavy (non-hydrogen) atoms. The molecule has 1 aliphatic rings. The zero-order valence-electron chi connectivity index (χ0n) is 13.9. The van der Waals surface area contributed by atoms with Gasteiger partial charge in [0, 0.05) is 18.9 Å². The summed E-state index contributed by atoms with van der Waals surface area (Å²) in [5, 5.41) is 15.6. The van der Waals surface area contributed by atoms with Gasteiger partial charge in [-0.3, -0.25) is 9.59 Å². The van der Waals surface area contributed by atoms with Gasteiger partial charge in [-0.1, -0.05) is 48.5 Å². The van der Waals surface area contributed by atoms with Crippen LogP contribution in [-0.4, -0.2) is 24.1 Å². The van der Waals surface area contributed by atoms with Crippen LogP contribution in [0.1, 0.15) is 36.8 Å². The van der Waals surface area contributed by atoms with Crippen LogP contribution in [0.15, 0.2) is 34.9 Å². The number of amides is 2. The Labute approximate surface area is 146 Å². The van der Waals surface area contributed by atoms with Gasteiger partial charge in [-0.25, -0.2) is 0 Å². The fourth-order valence-electron chi connectivity index (χ4n) is 2.47. The van der Waals surface area contributed by atoms with E-state index < -0.39 is 0 Å². The SMILES string of the molecule is CCCNC(=O)CSC1=C(C#N)[C@@H](c2ccc(C)cc2)CC(=O)N1. The van der Waals surface area contributed by atoms with Crippen molar-refractivity contribution >= 4 is 23.6 Å². The summed E-state index contributed by atoms with van der Waals surface area (Å²) in [4.78, 5) is 23.8. The molecule has 0 radical (unpaired) electrons. The highest BCUT2D eigenvalue weighted by Crippen LogP contribution is 2.35. The minimum absolute atomic E-state index is 0.0988. The van der Waals surface area contributed by atoms with Crippen LogP contribution >= 0.6 is 11.8 Å². The Balaban J connectivity index is 2.19. The average Bonchev–Trinajstić information content (AvgIpc) is 2.58. The molecule has 1 heterocycles.